The summed E-state index contributed by atoms with van der Waals surface area (Å²) in [7, 11) is 0. The number of aromatic hydroxyl groups is 2. The number of rotatable bonds is 4. The van der Waals surface area contributed by atoms with Crippen molar-refractivity contribution in [1.82, 2.24) is 0 Å². The Hall–Kier alpha value is -2.74. The molecule has 6 atom stereocenters. The van der Waals surface area contributed by atoms with Gasteiger partial charge in [-0.05, 0) is 103 Å². The fourth-order valence-electron chi connectivity index (χ4n) is 7.96. The highest BCUT2D eigenvalue weighted by Crippen LogP contribution is 2.58. The van der Waals surface area contributed by atoms with Crippen molar-refractivity contribution in [2.75, 3.05) is 0 Å². The number of allylic oxidation sites excluding steroid dienone is 9. The minimum absolute atomic E-state index is 0.0422. The van der Waals surface area contributed by atoms with E-state index in [9.17, 15) is 10.2 Å². The van der Waals surface area contributed by atoms with Gasteiger partial charge in [0.1, 0.15) is 11.5 Å². The van der Waals surface area contributed by atoms with E-state index in [2.05, 4.69) is 79.0 Å². The molecule has 2 N–H and O–H groups in total. The SMILES string of the molecule is C=C(C)[C@H]1CCC(C)=CC1c1c(O)c([C@@H]2C=C(C)CC[C@H]2C(=C)C)c(O)c2c1C=C(C)[C@@H]1CCC(C)=CC21. The molecule has 1 aromatic rings. The predicted molar refractivity (Wildman–Crippen MR) is 161 cm³/mol. The fourth-order valence-corrected chi connectivity index (χ4v) is 7.96. The lowest BCUT2D eigenvalue weighted by molar-refractivity contribution is 0.382. The minimum Gasteiger partial charge on any atom is -0.507 e. The number of phenols is 2. The van der Waals surface area contributed by atoms with Crippen molar-refractivity contribution in [3.63, 3.8) is 0 Å². The van der Waals surface area contributed by atoms with Crippen LogP contribution in [-0.2, 0) is 0 Å². The Bertz CT molecular complexity index is 1310. The first-order chi connectivity index (χ1) is 18.0. The van der Waals surface area contributed by atoms with E-state index in [4.69, 9.17) is 0 Å². The Morgan fingerprint density at radius 1 is 0.658 bits per heavy atom. The molecular weight excluding hydrogens is 464 g/mol. The van der Waals surface area contributed by atoms with Gasteiger partial charge in [-0.3, -0.25) is 0 Å². The van der Waals surface area contributed by atoms with Gasteiger partial charge in [-0.2, -0.15) is 0 Å². The van der Waals surface area contributed by atoms with Gasteiger partial charge in [-0.25, -0.2) is 0 Å². The molecule has 0 amide bonds. The van der Waals surface area contributed by atoms with Gasteiger partial charge in [-0.15, -0.1) is 0 Å². The van der Waals surface area contributed by atoms with Gasteiger partial charge in [0.25, 0.3) is 0 Å². The van der Waals surface area contributed by atoms with Crippen molar-refractivity contribution < 1.29 is 10.2 Å². The van der Waals surface area contributed by atoms with Crippen LogP contribution in [0.5, 0.6) is 11.5 Å². The highest BCUT2D eigenvalue weighted by Gasteiger charge is 2.42. The summed E-state index contributed by atoms with van der Waals surface area (Å²) in [4.78, 5) is 0. The van der Waals surface area contributed by atoms with E-state index in [0.29, 0.717) is 17.2 Å². The van der Waals surface area contributed by atoms with Crippen LogP contribution in [-0.4, -0.2) is 10.2 Å². The first kappa shape index (κ1) is 26.9. The molecule has 0 radical (unpaired) electrons. The van der Waals surface area contributed by atoms with Crippen LogP contribution in [0.15, 0.2) is 64.8 Å². The predicted octanol–water partition coefficient (Wildman–Crippen LogP) is 9.99. The second kappa shape index (κ2) is 10.1. The number of hydrogen-bond acceptors (Lipinski definition) is 2. The molecule has 0 aliphatic heterocycles. The van der Waals surface area contributed by atoms with Crippen LogP contribution in [0, 0.1) is 17.8 Å². The van der Waals surface area contributed by atoms with Gasteiger partial charge >= 0.3 is 0 Å². The maximum absolute atomic E-state index is 12.3. The van der Waals surface area contributed by atoms with E-state index in [1.54, 1.807) is 0 Å². The van der Waals surface area contributed by atoms with Crippen LogP contribution in [0.4, 0.5) is 0 Å². The van der Waals surface area contributed by atoms with Crippen molar-refractivity contribution in [1.29, 1.82) is 0 Å². The Balaban J connectivity index is 1.87. The summed E-state index contributed by atoms with van der Waals surface area (Å²) in [5.74, 6) is 1.53. The lowest BCUT2D eigenvalue weighted by Crippen LogP contribution is -2.26. The average Bonchev–Trinajstić information content (AvgIpc) is 2.83. The van der Waals surface area contributed by atoms with Crippen molar-refractivity contribution >= 4 is 6.08 Å². The lowest BCUT2D eigenvalue weighted by atomic mass is 9.64. The molecular formula is C36H46O2. The molecule has 2 nitrogen and oxygen atoms in total. The van der Waals surface area contributed by atoms with Crippen LogP contribution < -0.4 is 0 Å². The second-order valence-electron chi connectivity index (χ2n) is 13.0. The molecule has 0 spiro atoms. The fraction of sp³-hybridized carbons (Fsp3) is 0.500. The van der Waals surface area contributed by atoms with E-state index in [1.165, 1.54) is 22.3 Å². The van der Waals surface area contributed by atoms with Gasteiger partial charge in [0.2, 0.25) is 0 Å². The molecule has 0 fully saturated rings. The Kier molecular flexibility index (Phi) is 7.14. The lowest BCUT2D eigenvalue weighted by Gasteiger charge is -2.41. The maximum atomic E-state index is 12.3. The van der Waals surface area contributed by atoms with Crippen molar-refractivity contribution in [3.8, 4) is 11.5 Å². The number of hydrogen-bond donors (Lipinski definition) is 2. The van der Waals surface area contributed by atoms with Gasteiger partial charge in [0, 0.05) is 34.4 Å². The smallest absolute Gasteiger partial charge is 0.127 e. The van der Waals surface area contributed by atoms with Gasteiger partial charge in [0.05, 0.1) is 0 Å². The highest BCUT2D eigenvalue weighted by molar-refractivity contribution is 5.76. The van der Waals surface area contributed by atoms with E-state index in [-0.39, 0.29) is 35.3 Å². The molecule has 2 heteroatoms. The summed E-state index contributed by atoms with van der Waals surface area (Å²) in [6.45, 7) is 21.8. The molecule has 0 aromatic heterocycles. The first-order valence-electron chi connectivity index (χ1n) is 14.6. The topological polar surface area (TPSA) is 40.5 Å². The zero-order valence-electron chi connectivity index (χ0n) is 24.3. The standard InChI is InChI=1S/C36H46O2/c1-19(2)25-12-9-21(5)15-28(25)32-31-18-24(8)27-14-11-23(7)17-30(27)33(31)36(38)34(35(32)37)29-16-22(6)10-13-26(29)20(3)4/h15-18,25-30,37-38H,1,3,9-14H2,2,4-8H3/t25-,26+,27+,28?,29-,30?/m1/s1. The van der Waals surface area contributed by atoms with Gasteiger partial charge < -0.3 is 10.2 Å². The second-order valence-corrected chi connectivity index (χ2v) is 13.0. The number of benzene rings is 1. The van der Waals surface area contributed by atoms with Crippen LogP contribution in [0.2, 0.25) is 0 Å². The van der Waals surface area contributed by atoms with Crippen LogP contribution in [0.3, 0.4) is 0 Å². The van der Waals surface area contributed by atoms with Crippen LogP contribution in [0.1, 0.15) is 120 Å². The molecule has 4 aliphatic rings. The van der Waals surface area contributed by atoms with Crippen LogP contribution in [0.25, 0.3) is 6.08 Å². The monoisotopic (exact) mass is 510 g/mol. The van der Waals surface area contributed by atoms with E-state index < -0.39 is 0 Å². The minimum atomic E-state index is -0.0821. The molecule has 0 bridgehead atoms. The molecule has 202 valence electrons. The largest absolute Gasteiger partial charge is 0.507 e. The van der Waals surface area contributed by atoms with Gasteiger partial charge in [0.15, 0.2) is 0 Å². The third kappa shape index (κ3) is 4.44. The summed E-state index contributed by atoms with van der Waals surface area (Å²) in [6.07, 6.45) is 15.7. The Morgan fingerprint density at radius 2 is 1.08 bits per heavy atom. The van der Waals surface area contributed by atoms with E-state index >= 15 is 0 Å². The Morgan fingerprint density at radius 3 is 1.58 bits per heavy atom. The zero-order valence-corrected chi connectivity index (χ0v) is 24.3. The number of phenolic OH excluding ortho intramolecular Hbond substituents is 2. The van der Waals surface area contributed by atoms with Gasteiger partial charge in [-0.1, -0.05) is 70.9 Å². The Labute approximate surface area is 230 Å². The summed E-state index contributed by atoms with van der Waals surface area (Å²) in [5, 5.41) is 24.5. The van der Waals surface area contributed by atoms with Crippen molar-refractivity contribution in [3.05, 3.63) is 87.1 Å². The zero-order chi connectivity index (χ0) is 27.5. The normalized spacial score (nSPS) is 30.8. The third-order valence-electron chi connectivity index (χ3n) is 10.1. The highest BCUT2D eigenvalue weighted by atomic mass is 16.3. The molecule has 2 unspecified atom stereocenters. The van der Waals surface area contributed by atoms with E-state index in [1.807, 2.05) is 0 Å². The number of fused-ring (bicyclic) bond motifs is 3. The molecule has 4 aliphatic carbocycles. The van der Waals surface area contributed by atoms with Crippen LogP contribution >= 0.6 is 0 Å². The molecule has 0 saturated carbocycles. The molecule has 5 rings (SSSR count). The average molecular weight is 511 g/mol. The van der Waals surface area contributed by atoms with Crippen molar-refractivity contribution in [2.24, 2.45) is 17.8 Å². The maximum Gasteiger partial charge on any atom is 0.127 e. The summed E-state index contributed by atoms with van der Waals surface area (Å²) >= 11 is 0. The molecule has 38 heavy (non-hydrogen) atoms. The van der Waals surface area contributed by atoms with Crippen molar-refractivity contribution in [2.45, 2.75) is 97.8 Å². The van der Waals surface area contributed by atoms with E-state index in [0.717, 1.165) is 66.4 Å². The third-order valence-corrected chi connectivity index (χ3v) is 10.1. The summed E-state index contributed by atoms with van der Waals surface area (Å²) < 4.78 is 0. The molecule has 1 aromatic carbocycles. The molecule has 0 heterocycles. The quantitative estimate of drug-likeness (QED) is 0.396. The summed E-state index contributed by atoms with van der Waals surface area (Å²) in [5.41, 5.74) is 11.5. The first-order valence-corrected chi connectivity index (χ1v) is 14.6. The summed E-state index contributed by atoms with van der Waals surface area (Å²) in [6, 6.07) is 0. The molecule has 0 saturated heterocycles.